The third-order valence-corrected chi connectivity index (χ3v) is 3.91. The summed E-state index contributed by atoms with van der Waals surface area (Å²) in [7, 11) is 0. The summed E-state index contributed by atoms with van der Waals surface area (Å²) in [5.74, 6) is 0.110. The Hall–Kier alpha value is -2.59. The van der Waals surface area contributed by atoms with E-state index in [9.17, 15) is 9.59 Å². The smallest absolute Gasteiger partial charge is 0.258 e. The fraction of sp³-hybridized carbons (Fsp3) is 0.471. The Labute approximate surface area is 141 Å². The van der Waals surface area contributed by atoms with Gasteiger partial charge in [0.15, 0.2) is 6.61 Å². The number of nitrogens with one attached hydrogen (secondary N) is 1. The van der Waals surface area contributed by atoms with Crippen LogP contribution in [0.15, 0.2) is 24.3 Å². The number of likely N-dealkylation sites (tertiary alicyclic amines) is 1. The van der Waals surface area contributed by atoms with Gasteiger partial charge in [-0.2, -0.15) is 5.26 Å². The number of piperidine rings is 1. The first-order valence-corrected chi connectivity index (χ1v) is 7.95. The van der Waals surface area contributed by atoms with Crippen LogP contribution in [0.4, 0.5) is 0 Å². The molecule has 3 N–H and O–H groups in total. The van der Waals surface area contributed by atoms with Gasteiger partial charge in [0.25, 0.3) is 5.91 Å². The van der Waals surface area contributed by atoms with E-state index < -0.39 is 0 Å². The van der Waals surface area contributed by atoms with Crippen molar-refractivity contribution in [1.82, 2.24) is 10.2 Å². The SMILES string of the molecule is N#CCc1ccc(OCC(=O)NC2CCN(CC(N)=O)CC2)cc1. The van der Waals surface area contributed by atoms with Gasteiger partial charge < -0.3 is 15.8 Å². The lowest BCUT2D eigenvalue weighted by Crippen LogP contribution is -2.47. The number of benzene rings is 1. The number of hydrogen-bond acceptors (Lipinski definition) is 5. The van der Waals surface area contributed by atoms with Gasteiger partial charge in [-0.1, -0.05) is 12.1 Å². The third kappa shape index (κ3) is 5.89. The number of primary amides is 1. The summed E-state index contributed by atoms with van der Waals surface area (Å²) in [6.45, 7) is 1.72. The van der Waals surface area contributed by atoms with E-state index >= 15 is 0 Å². The molecule has 1 aliphatic heterocycles. The molecular weight excluding hydrogens is 308 g/mol. The molecule has 0 spiro atoms. The van der Waals surface area contributed by atoms with Crippen LogP contribution in [0.2, 0.25) is 0 Å². The van der Waals surface area contributed by atoms with E-state index in [1.165, 1.54) is 0 Å². The number of rotatable bonds is 7. The monoisotopic (exact) mass is 330 g/mol. The van der Waals surface area contributed by atoms with Crippen molar-refractivity contribution in [2.75, 3.05) is 26.2 Å². The Balaban J connectivity index is 1.68. The minimum atomic E-state index is -0.327. The predicted octanol–water partition coefficient (Wildman–Crippen LogP) is 0.197. The van der Waals surface area contributed by atoms with Crippen LogP contribution in [0.5, 0.6) is 5.75 Å². The summed E-state index contributed by atoms with van der Waals surface area (Å²) in [5.41, 5.74) is 6.09. The molecule has 7 nitrogen and oxygen atoms in total. The lowest BCUT2D eigenvalue weighted by Gasteiger charge is -2.31. The Morgan fingerprint density at radius 3 is 2.54 bits per heavy atom. The molecule has 2 amide bonds. The molecule has 0 atom stereocenters. The maximum absolute atomic E-state index is 11.9. The van der Waals surface area contributed by atoms with Gasteiger partial charge in [-0.25, -0.2) is 0 Å². The topological polar surface area (TPSA) is 108 Å². The van der Waals surface area contributed by atoms with Crippen LogP contribution >= 0.6 is 0 Å². The Kier molecular flexibility index (Phi) is 6.58. The van der Waals surface area contributed by atoms with E-state index in [1.807, 2.05) is 17.0 Å². The maximum Gasteiger partial charge on any atom is 0.258 e. The quantitative estimate of drug-likeness (QED) is 0.742. The molecular formula is C17H22N4O3. The predicted molar refractivity (Wildman–Crippen MR) is 88.1 cm³/mol. The van der Waals surface area contributed by atoms with Crippen molar-refractivity contribution < 1.29 is 14.3 Å². The second-order valence-electron chi connectivity index (χ2n) is 5.85. The highest BCUT2D eigenvalue weighted by Gasteiger charge is 2.21. The Bertz CT molecular complexity index is 601. The van der Waals surface area contributed by atoms with Crippen molar-refractivity contribution in [3.05, 3.63) is 29.8 Å². The molecule has 1 saturated heterocycles. The van der Waals surface area contributed by atoms with Crippen LogP contribution in [-0.2, 0) is 16.0 Å². The number of hydrogen-bond donors (Lipinski definition) is 2. The van der Waals surface area contributed by atoms with E-state index in [-0.39, 0.29) is 31.0 Å². The highest BCUT2D eigenvalue weighted by molar-refractivity contribution is 5.78. The van der Waals surface area contributed by atoms with Gasteiger partial charge in [-0.3, -0.25) is 14.5 Å². The molecule has 0 aromatic heterocycles. The number of nitrogens with two attached hydrogens (primary N) is 1. The first-order valence-electron chi connectivity index (χ1n) is 7.95. The molecule has 0 unspecified atom stereocenters. The van der Waals surface area contributed by atoms with E-state index in [4.69, 9.17) is 15.7 Å². The lowest BCUT2D eigenvalue weighted by molar-refractivity contribution is -0.124. The minimum Gasteiger partial charge on any atom is -0.484 e. The van der Waals surface area contributed by atoms with Gasteiger partial charge in [0.1, 0.15) is 5.75 Å². The number of nitrogens with zero attached hydrogens (tertiary/aromatic N) is 2. The molecule has 0 radical (unpaired) electrons. The molecule has 24 heavy (non-hydrogen) atoms. The minimum absolute atomic E-state index is 0.0426. The van der Waals surface area contributed by atoms with Crippen molar-refractivity contribution in [3.63, 3.8) is 0 Å². The number of amides is 2. The largest absolute Gasteiger partial charge is 0.484 e. The third-order valence-electron chi connectivity index (χ3n) is 3.91. The Morgan fingerprint density at radius 1 is 1.29 bits per heavy atom. The van der Waals surface area contributed by atoms with Gasteiger partial charge >= 0.3 is 0 Å². The molecule has 128 valence electrons. The molecule has 0 bridgehead atoms. The number of nitriles is 1. The molecule has 1 aromatic rings. The zero-order valence-electron chi connectivity index (χ0n) is 13.5. The van der Waals surface area contributed by atoms with Crippen molar-refractivity contribution in [2.24, 2.45) is 5.73 Å². The zero-order chi connectivity index (χ0) is 17.4. The average molecular weight is 330 g/mol. The van der Waals surface area contributed by atoms with Crippen LogP contribution in [0, 0.1) is 11.3 Å². The van der Waals surface area contributed by atoms with Crippen LogP contribution in [0.1, 0.15) is 18.4 Å². The van der Waals surface area contributed by atoms with Crippen molar-refractivity contribution in [3.8, 4) is 11.8 Å². The van der Waals surface area contributed by atoms with Gasteiger partial charge in [-0.05, 0) is 30.5 Å². The van der Waals surface area contributed by atoms with Crippen LogP contribution in [0.25, 0.3) is 0 Å². The van der Waals surface area contributed by atoms with E-state index in [2.05, 4.69) is 11.4 Å². The van der Waals surface area contributed by atoms with E-state index in [0.717, 1.165) is 31.5 Å². The highest BCUT2D eigenvalue weighted by Crippen LogP contribution is 2.13. The molecule has 1 heterocycles. The zero-order valence-corrected chi connectivity index (χ0v) is 13.5. The van der Waals surface area contributed by atoms with Crippen molar-refractivity contribution in [1.29, 1.82) is 5.26 Å². The second kappa shape index (κ2) is 8.89. The summed E-state index contributed by atoms with van der Waals surface area (Å²) in [6, 6.07) is 9.30. The Morgan fingerprint density at radius 2 is 1.96 bits per heavy atom. The van der Waals surface area contributed by atoms with Gasteiger partial charge in [-0.15, -0.1) is 0 Å². The average Bonchev–Trinajstić information content (AvgIpc) is 2.56. The fourth-order valence-corrected chi connectivity index (χ4v) is 2.67. The molecule has 2 rings (SSSR count). The van der Waals surface area contributed by atoms with E-state index in [0.29, 0.717) is 12.2 Å². The molecule has 1 aliphatic rings. The number of ether oxygens (including phenoxy) is 1. The van der Waals surface area contributed by atoms with Gasteiger partial charge in [0, 0.05) is 19.1 Å². The summed E-state index contributed by atoms with van der Waals surface area (Å²) in [4.78, 5) is 24.8. The van der Waals surface area contributed by atoms with Crippen LogP contribution in [0.3, 0.4) is 0 Å². The summed E-state index contributed by atoms with van der Waals surface area (Å²) >= 11 is 0. The molecule has 0 saturated carbocycles. The highest BCUT2D eigenvalue weighted by atomic mass is 16.5. The lowest BCUT2D eigenvalue weighted by atomic mass is 10.1. The van der Waals surface area contributed by atoms with Crippen LogP contribution in [-0.4, -0.2) is 49.0 Å². The first kappa shape index (κ1) is 17.8. The standard InChI is InChI=1S/C17H22N4O3/c18-8-5-13-1-3-15(4-2-13)24-12-17(23)20-14-6-9-21(10-7-14)11-16(19)22/h1-4,14H,5-7,9-12H2,(H2,19,22)(H,20,23). The van der Waals surface area contributed by atoms with E-state index in [1.54, 1.807) is 12.1 Å². The number of carbonyl (C=O) groups excluding carboxylic acids is 2. The fourth-order valence-electron chi connectivity index (χ4n) is 2.67. The van der Waals surface area contributed by atoms with Crippen LogP contribution < -0.4 is 15.8 Å². The van der Waals surface area contributed by atoms with Crippen molar-refractivity contribution in [2.45, 2.75) is 25.3 Å². The van der Waals surface area contributed by atoms with Gasteiger partial charge in [0.2, 0.25) is 5.91 Å². The van der Waals surface area contributed by atoms with Crippen molar-refractivity contribution >= 4 is 11.8 Å². The maximum atomic E-state index is 11.9. The summed E-state index contributed by atoms with van der Waals surface area (Å²) in [6.07, 6.45) is 1.94. The molecule has 7 heteroatoms. The number of carbonyl (C=O) groups is 2. The molecule has 1 fully saturated rings. The summed E-state index contributed by atoms with van der Waals surface area (Å²) in [5, 5.41) is 11.6. The summed E-state index contributed by atoms with van der Waals surface area (Å²) < 4.78 is 5.45. The van der Waals surface area contributed by atoms with Gasteiger partial charge in [0.05, 0.1) is 19.0 Å². The molecule has 0 aliphatic carbocycles. The molecule has 1 aromatic carbocycles. The normalized spacial score (nSPS) is 15.5. The second-order valence-corrected chi connectivity index (χ2v) is 5.85. The first-order chi connectivity index (χ1) is 11.6.